The van der Waals surface area contributed by atoms with Crippen molar-refractivity contribution < 1.29 is 4.79 Å². The number of nitrogens with one attached hydrogen (secondary N) is 2. The summed E-state index contributed by atoms with van der Waals surface area (Å²) in [5.41, 5.74) is 2.76. The largest absolute Gasteiger partial charge is 0.346 e. The number of thioether (sulfide) groups is 1. The second-order valence-corrected chi connectivity index (χ2v) is 6.85. The Hall–Kier alpha value is -2.74. The highest BCUT2D eigenvalue weighted by Gasteiger charge is 2.15. The maximum Gasteiger partial charge on any atom is 0.230 e. The van der Waals surface area contributed by atoms with Crippen molar-refractivity contribution >= 4 is 17.7 Å². The fourth-order valence-electron chi connectivity index (χ4n) is 2.32. The second kappa shape index (κ2) is 8.57. The highest BCUT2D eigenvalue weighted by Crippen LogP contribution is 2.16. The number of hydrogen-bond donors (Lipinski definition) is 2. The number of rotatable bonds is 7. The van der Waals surface area contributed by atoms with Gasteiger partial charge in [-0.25, -0.2) is 4.98 Å². The van der Waals surface area contributed by atoms with Crippen molar-refractivity contribution in [3.8, 4) is 11.5 Å². The fourth-order valence-corrected chi connectivity index (χ4v) is 3.07. The molecule has 1 atom stereocenters. The number of hydrogen-bond acceptors (Lipinski definition) is 6. The Labute approximate surface area is 156 Å². The molecule has 0 bridgehead atoms. The van der Waals surface area contributed by atoms with Gasteiger partial charge in [0, 0.05) is 18.1 Å². The van der Waals surface area contributed by atoms with E-state index in [-0.39, 0.29) is 11.9 Å². The molecule has 2 N–H and O–H groups in total. The standard InChI is InChI=1S/C18H20N6OS/c1-12-6-8-20-15(9-12)18-22-17(23-24-18)13(2)21-16(25)11-26-10-14-5-3-4-7-19-14/h3-9,13H,10-11H2,1-2H3,(H,21,25)(H,22,23,24)/t13-/m1/s1. The van der Waals surface area contributed by atoms with Crippen molar-refractivity contribution in [3.63, 3.8) is 0 Å². The maximum atomic E-state index is 12.1. The number of amides is 1. The Morgan fingerprint density at radius 1 is 1.27 bits per heavy atom. The fraction of sp³-hybridized carbons (Fsp3) is 0.278. The molecule has 0 spiro atoms. The van der Waals surface area contributed by atoms with Crippen molar-refractivity contribution in [2.45, 2.75) is 25.6 Å². The molecule has 0 aliphatic heterocycles. The average molecular weight is 368 g/mol. The van der Waals surface area contributed by atoms with Crippen LogP contribution >= 0.6 is 11.8 Å². The molecule has 3 aromatic rings. The van der Waals surface area contributed by atoms with Crippen LogP contribution in [0.5, 0.6) is 0 Å². The van der Waals surface area contributed by atoms with Crippen molar-refractivity contribution in [1.29, 1.82) is 0 Å². The summed E-state index contributed by atoms with van der Waals surface area (Å²) in [4.78, 5) is 25.1. The van der Waals surface area contributed by atoms with Crippen LogP contribution in [0.3, 0.4) is 0 Å². The quantitative estimate of drug-likeness (QED) is 0.665. The van der Waals surface area contributed by atoms with Gasteiger partial charge in [0.15, 0.2) is 5.82 Å². The van der Waals surface area contributed by atoms with Crippen LogP contribution in [-0.4, -0.2) is 36.8 Å². The predicted octanol–water partition coefficient (Wildman–Crippen LogP) is 2.68. The third-order valence-electron chi connectivity index (χ3n) is 3.64. The molecular weight excluding hydrogens is 348 g/mol. The first-order chi connectivity index (χ1) is 12.6. The third kappa shape index (κ3) is 4.89. The van der Waals surface area contributed by atoms with E-state index in [0.29, 0.717) is 28.8 Å². The van der Waals surface area contributed by atoms with Gasteiger partial charge in [-0.2, -0.15) is 5.10 Å². The SMILES string of the molecule is Cc1ccnc(-c2n[nH]c([C@@H](C)NC(=O)CSCc3ccccn3)n2)c1. The van der Waals surface area contributed by atoms with Gasteiger partial charge in [-0.05, 0) is 43.7 Å². The Bertz CT molecular complexity index is 867. The first kappa shape index (κ1) is 18.1. The number of H-pyrrole nitrogens is 1. The smallest absolute Gasteiger partial charge is 0.230 e. The molecule has 1 amide bonds. The molecule has 3 aromatic heterocycles. The van der Waals surface area contributed by atoms with Gasteiger partial charge in [-0.1, -0.05) is 6.07 Å². The van der Waals surface area contributed by atoms with E-state index >= 15 is 0 Å². The van der Waals surface area contributed by atoms with Gasteiger partial charge in [0.05, 0.1) is 17.5 Å². The summed E-state index contributed by atoms with van der Waals surface area (Å²) in [7, 11) is 0. The van der Waals surface area contributed by atoms with Crippen molar-refractivity contribution in [2.75, 3.05) is 5.75 Å². The van der Waals surface area contributed by atoms with E-state index in [0.717, 1.165) is 11.3 Å². The number of carbonyl (C=O) groups is 1. The topological polar surface area (TPSA) is 96.5 Å². The molecule has 0 aliphatic carbocycles. The first-order valence-corrected chi connectivity index (χ1v) is 9.39. The van der Waals surface area contributed by atoms with Crippen LogP contribution in [0.15, 0.2) is 42.7 Å². The van der Waals surface area contributed by atoms with Crippen LogP contribution in [0.25, 0.3) is 11.5 Å². The van der Waals surface area contributed by atoms with Crippen molar-refractivity contribution in [2.24, 2.45) is 0 Å². The Morgan fingerprint density at radius 2 is 2.15 bits per heavy atom. The first-order valence-electron chi connectivity index (χ1n) is 8.24. The zero-order valence-electron chi connectivity index (χ0n) is 14.6. The normalized spacial score (nSPS) is 11.9. The molecule has 0 aromatic carbocycles. The zero-order valence-corrected chi connectivity index (χ0v) is 15.5. The van der Waals surface area contributed by atoms with Gasteiger partial charge < -0.3 is 5.32 Å². The average Bonchev–Trinajstić information content (AvgIpc) is 3.13. The lowest BCUT2D eigenvalue weighted by Crippen LogP contribution is -2.28. The second-order valence-electron chi connectivity index (χ2n) is 5.87. The van der Waals surface area contributed by atoms with E-state index in [1.54, 1.807) is 12.4 Å². The van der Waals surface area contributed by atoms with Gasteiger partial charge in [0.25, 0.3) is 0 Å². The highest BCUT2D eigenvalue weighted by molar-refractivity contribution is 7.99. The van der Waals surface area contributed by atoms with Crippen LogP contribution in [0.1, 0.15) is 30.0 Å². The molecule has 0 unspecified atom stereocenters. The van der Waals surface area contributed by atoms with E-state index in [9.17, 15) is 4.79 Å². The predicted molar refractivity (Wildman–Crippen MR) is 101 cm³/mol. The van der Waals surface area contributed by atoms with Crippen LogP contribution in [0.4, 0.5) is 0 Å². The summed E-state index contributed by atoms with van der Waals surface area (Å²) in [6.45, 7) is 3.86. The van der Waals surface area contributed by atoms with E-state index in [2.05, 4.69) is 30.5 Å². The molecular formula is C18H20N6OS. The molecule has 3 rings (SSSR count). The van der Waals surface area contributed by atoms with E-state index < -0.39 is 0 Å². The van der Waals surface area contributed by atoms with Crippen LogP contribution in [-0.2, 0) is 10.5 Å². The highest BCUT2D eigenvalue weighted by atomic mass is 32.2. The summed E-state index contributed by atoms with van der Waals surface area (Å²) >= 11 is 1.52. The molecule has 7 nitrogen and oxygen atoms in total. The molecule has 0 saturated heterocycles. The molecule has 0 radical (unpaired) electrons. The van der Waals surface area contributed by atoms with Gasteiger partial charge in [-0.3, -0.25) is 19.9 Å². The number of pyridine rings is 2. The monoisotopic (exact) mass is 368 g/mol. The molecule has 26 heavy (non-hydrogen) atoms. The number of nitrogens with zero attached hydrogens (tertiary/aromatic N) is 4. The summed E-state index contributed by atoms with van der Waals surface area (Å²) < 4.78 is 0. The summed E-state index contributed by atoms with van der Waals surface area (Å²) in [5.74, 6) is 2.14. The zero-order chi connectivity index (χ0) is 18.4. The summed E-state index contributed by atoms with van der Waals surface area (Å²) in [6.07, 6.45) is 3.48. The molecule has 8 heteroatoms. The molecule has 134 valence electrons. The van der Waals surface area contributed by atoms with Crippen LogP contribution < -0.4 is 5.32 Å². The minimum absolute atomic E-state index is 0.0509. The van der Waals surface area contributed by atoms with E-state index in [4.69, 9.17) is 0 Å². The number of aryl methyl sites for hydroxylation is 1. The number of carbonyl (C=O) groups excluding carboxylic acids is 1. The molecule has 0 fully saturated rings. The Kier molecular flexibility index (Phi) is 5.96. The molecule has 3 heterocycles. The molecule has 0 aliphatic rings. The van der Waals surface area contributed by atoms with Crippen LogP contribution in [0, 0.1) is 6.92 Å². The summed E-state index contributed by atoms with van der Waals surface area (Å²) in [5, 5.41) is 10.00. The Morgan fingerprint density at radius 3 is 2.92 bits per heavy atom. The maximum absolute atomic E-state index is 12.1. The Balaban J connectivity index is 1.51. The number of aromatic nitrogens is 5. The van der Waals surface area contributed by atoms with Crippen LogP contribution in [0.2, 0.25) is 0 Å². The van der Waals surface area contributed by atoms with E-state index in [1.807, 2.05) is 44.2 Å². The van der Waals surface area contributed by atoms with Gasteiger partial charge in [-0.15, -0.1) is 11.8 Å². The summed E-state index contributed by atoms with van der Waals surface area (Å²) in [6, 6.07) is 9.34. The minimum Gasteiger partial charge on any atom is -0.346 e. The van der Waals surface area contributed by atoms with Crippen molar-refractivity contribution in [3.05, 3.63) is 59.8 Å². The van der Waals surface area contributed by atoms with E-state index in [1.165, 1.54) is 11.8 Å². The van der Waals surface area contributed by atoms with Gasteiger partial charge in [0.1, 0.15) is 11.5 Å². The number of aromatic amines is 1. The lowest BCUT2D eigenvalue weighted by molar-refractivity contribution is -0.119. The lowest BCUT2D eigenvalue weighted by Gasteiger charge is -2.10. The minimum atomic E-state index is -0.260. The lowest BCUT2D eigenvalue weighted by atomic mass is 10.2. The third-order valence-corrected chi connectivity index (χ3v) is 4.61. The van der Waals surface area contributed by atoms with Gasteiger partial charge >= 0.3 is 0 Å². The van der Waals surface area contributed by atoms with Crippen molar-refractivity contribution in [1.82, 2.24) is 30.5 Å². The van der Waals surface area contributed by atoms with Gasteiger partial charge in [0.2, 0.25) is 5.91 Å². The molecule has 0 saturated carbocycles.